The zero-order chi connectivity index (χ0) is 21.4. The number of anilines is 1. The smallest absolute Gasteiger partial charge is 0.276 e. The molecule has 1 aromatic carbocycles. The van der Waals surface area contributed by atoms with Gasteiger partial charge in [0.1, 0.15) is 22.5 Å². The second-order valence-corrected chi connectivity index (χ2v) is 8.29. The lowest BCUT2D eigenvalue weighted by Crippen LogP contribution is -2.37. The standard InChI is InChI=1S/C20H19N7O3S/c1-26-17(4-7-21-26)23-18(28)16-11-31-19(22-16)12-5-8-27(9-6-12)20(29)13-2-3-14-15(10-13)25-30-24-14/h2-4,7,10-12H,5-6,8-9H2,1H3,(H,23,28). The van der Waals surface area contributed by atoms with Crippen molar-refractivity contribution in [2.45, 2.75) is 18.8 Å². The molecule has 4 heterocycles. The van der Waals surface area contributed by atoms with Crippen molar-refractivity contribution in [1.29, 1.82) is 0 Å². The topological polar surface area (TPSA) is 119 Å². The van der Waals surface area contributed by atoms with Crippen molar-refractivity contribution in [2.24, 2.45) is 7.05 Å². The summed E-state index contributed by atoms with van der Waals surface area (Å²) in [5.74, 6) is 0.565. The van der Waals surface area contributed by atoms with Crippen LogP contribution in [0.25, 0.3) is 11.0 Å². The van der Waals surface area contributed by atoms with E-state index in [1.165, 1.54) is 11.3 Å². The minimum Gasteiger partial charge on any atom is -0.339 e. The molecule has 0 spiro atoms. The molecule has 3 aromatic heterocycles. The molecule has 0 radical (unpaired) electrons. The third-order valence-corrected chi connectivity index (χ3v) is 6.46. The number of aromatic nitrogens is 5. The second kappa shape index (κ2) is 7.91. The lowest BCUT2D eigenvalue weighted by molar-refractivity contribution is 0.0713. The Morgan fingerprint density at radius 3 is 2.74 bits per heavy atom. The number of hydrogen-bond acceptors (Lipinski definition) is 8. The molecule has 1 aliphatic rings. The van der Waals surface area contributed by atoms with Crippen LogP contribution in [0.1, 0.15) is 44.6 Å². The quantitative estimate of drug-likeness (QED) is 0.521. The Morgan fingerprint density at radius 1 is 1.16 bits per heavy atom. The number of nitrogens with one attached hydrogen (secondary N) is 1. The highest BCUT2D eigenvalue weighted by Gasteiger charge is 2.27. The molecule has 10 nitrogen and oxygen atoms in total. The number of thiazole rings is 1. The Bertz CT molecular complexity index is 1250. The number of aryl methyl sites for hydroxylation is 1. The van der Waals surface area contributed by atoms with Gasteiger partial charge in [0.2, 0.25) is 0 Å². The third-order valence-electron chi connectivity index (χ3n) is 5.45. The first-order chi connectivity index (χ1) is 15.1. The maximum absolute atomic E-state index is 12.9. The average Bonchev–Trinajstić information content (AvgIpc) is 3.54. The minimum absolute atomic E-state index is 0.0290. The summed E-state index contributed by atoms with van der Waals surface area (Å²) in [7, 11) is 1.76. The summed E-state index contributed by atoms with van der Waals surface area (Å²) in [6, 6.07) is 6.91. The molecule has 158 valence electrons. The maximum atomic E-state index is 12.9. The van der Waals surface area contributed by atoms with Crippen LogP contribution in [0.5, 0.6) is 0 Å². The summed E-state index contributed by atoms with van der Waals surface area (Å²) in [6.07, 6.45) is 3.23. The van der Waals surface area contributed by atoms with E-state index in [0.717, 1.165) is 17.8 Å². The van der Waals surface area contributed by atoms with Crippen molar-refractivity contribution < 1.29 is 14.2 Å². The Morgan fingerprint density at radius 2 is 1.97 bits per heavy atom. The number of carbonyl (C=O) groups is 2. The summed E-state index contributed by atoms with van der Waals surface area (Å²) in [4.78, 5) is 31.7. The molecule has 1 aliphatic heterocycles. The minimum atomic E-state index is -0.253. The van der Waals surface area contributed by atoms with E-state index >= 15 is 0 Å². The largest absolute Gasteiger partial charge is 0.339 e. The van der Waals surface area contributed by atoms with Crippen LogP contribution in [0.3, 0.4) is 0 Å². The van der Waals surface area contributed by atoms with Crippen LogP contribution in [0.2, 0.25) is 0 Å². The fourth-order valence-corrected chi connectivity index (χ4v) is 4.65. The Kier molecular flexibility index (Phi) is 4.94. The Hall–Kier alpha value is -3.60. The molecule has 0 bridgehead atoms. The van der Waals surface area contributed by atoms with Crippen molar-refractivity contribution in [2.75, 3.05) is 18.4 Å². The van der Waals surface area contributed by atoms with Crippen molar-refractivity contribution in [3.8, 4) is 0 Å². The molecule has 0 saturated carbocycles. The van der Waals surface area contributed by atoms with Gasteiger partial charge in [-0.15, -0.1) is 11.3 Å². The first-order valence-electron chi connectivity index (χ1n) is 9.85. The molecule has 11 heteroatoms. The van der Waals surface area contributed by atoms with Crippen LogP contribution in [0.4, 0.5) is 5.82 Å². The van der Waals surface area contributed by atoms with Crippen molar-refractivity contribution in [1.82, 2.24) is 30.0 Å². The zero-order valence-corrected chi connectivity index (χ0v) is 17.5. The van der Waals surface area contributed by atoms with Crippen LogP contribution in [0, 0.1) is 0 Å². The summed E-state index contributed by atoms with van der Waals surface area (Å²) in [5.41, 5.74) is 2.17. The molecular formula is C20H19N7O3S. The van der Waals surface area contributed by atoms with E-state index in [1.54, 1.807) is 47.6 Å². The lowest BCUT2D eigenvalue weighted by Gasteiger charge is -2.31. The fraction of sp³-hybridized carbons (Fsp3) is 0.300. The number of benzene rings is 1. The van der Waals surface area contributed by atoms with E-state index < -0.39 is 0 Å². The van der Waals surface area contributed by atoms with Gasteiger partial charge in [-0.1, -0.05) is 0 Å². The van der Waals surface area contributed by atoms with Crippen LogP contribution in [-0.4, -0.2) is 54.9 Å². The van der Waals surface area contributed by atoms with E-state index in [2.05, 4.69) is 25.7 Å². The summed E-state index contributed by atoms with van der Waals surface area (Å²) < 4.78 is 6.29. The SMILES string of the molecule is Cn1nccc1NC(=O)c1csc(C2CCN(C(=O)c3ccc4nonc4c3)CC2)n1. The highest BCUT2D eigenvalue weighted by Crippen LogP contribution is 2.31. The van der Waals surface area contributed by atoms with Gasteiger partial charge >= 0.3 is 0 Å². The number of nitrogens with zero attached hydrogens (tertiary/aromatic N) is 6. The van der Waals surface area contributed by atoms with Gasteiger partial charge in [-0.05, 0) is 41.4 Å². The first kappa shape index (κ1) is 19.4. The summed E-state index contributed by atoms with van der Waals surface area (Å²) in [6.45, 7) is 1.27. The first-order valence-corrected chi connectivity index (χ1v) is 10.7. The molecule has 5 rings (SSSR count). The summed E-state index contributed by atoms with van der Waals surface area (Å²) >= 11 is 1.49. The predicted molar refractivity (Wildman–Crippen MR) is 113 cm³/mol. The van der Waals surface area contributed by atoms with Gasteiger partial charge in [0.25, 0.3) is 11.8 Å². The van der Waals surface area contributed by atoms with Gasteiger partial charge in [-0.25, -0.2) is 9.61 Å². The van der Waals surface area contributed by atoms with E-state index in [9.17, 15) is 9.59 Å². The monoisotopic (exact) mass is 437 g/mol. The van der Waals surface area contributed by atoms with Gasteiger partial charge in [-0.2, -0.15) is 5.10 Å². The van der Waals surface area contributed by atoms with E-state index in [-0.39, 0.29) is 17.7 Å². The van der Waals surface area contributed by atoms with Gasteiger partial charge in [0.05, 0.1) is 11.2 Å². The highest BCUT2D eigenvalue weighted by molar-refractivity contribution is 7.10. The maximum Gasteiger partial charge on any atom is 0.276 e. The van der Waals surface area contributed by atoms with E-state index in [1.807, 2.05) is 4.90 Å². The molecule has 31 heavy (non-hydrogen) atoms. The normalized spacial score (nSPS) is 14.8. The number of amides is 2. The molecule has 4 aromatic rings. The molecule has 1 N–H and O–H groups in total. The zero-order valence-electron chi connectivity index (χ0n) is 16.7. The second-order valence-electron chi connectivity index (χ2n) is 7.40. The number of likely N-dealkylation sites (tertiary alicyclic amines) is 1. The lowest BCUT2D eigenvalue weighted by atomic mass is 9.97. The number of fused-ring (bicyclic) bond motifs is 1. The van der Waals surface area contributed by atoms with Crippen LogP contribution in [0.15, 0.2) is 40.5 Å². The Labute approximate surface area is 180 Å². The van der Waals surface area contributed by atoms with Gasteiger partial charge in [0, 0.05) is 43.1 Å². The van der Waals surface area contributed by atoms with Crippen LogP contribution in [-0.2, 0) is 7.05 Å². The van der Waals surface area contributed by atoms with Gasteiger partial charge < -0.3 is 10.2 Å². The predicted octanol–water partition coefficient (Wildman–Crippen LogP) is 2.68. The number of piperidine rings is 1. The van der Waals surface area contributed by atoms with Crippen molar-refractivity contribution in [3.63, 3.8) is 0 Å². The third kappa shape index (κ3) is 3.79. The average molecular weight is 437 g/mol. The molecule has 1 fully saturated rings. The summed E-state index contributed by atoms with van der Waals surface area (Å²) in [5, 5.41) is 17.1. The van der Waals surface area contributed by atoms with Crippen LogP contribution >= 0.6 is 11.3 Å². The molecule has 1 saturated heterocycles. The van der Waals surface area contributed by atoms with Crippen molar-refractivity contribution in [3.05, 3.63) is 52.1 Å². The molecule has 0 unspecified atom stereocenters. The fourth-order valence-electron chi connectivity index (χ4n) is 3.68. The van der Waals surface area contributed by atoms with Crippen molar-refractivity contribution >= 4 is 40.0 Å². The molecule has 2 amide bonds. The van der Waals surface area contributed by atoms with Gasteiger partial charge in [-0.3, -0.25) is 14.3 Å². The highest BCUT2D eigenvalue weighted by atomic mass is 32.1. The molecular weight excluding hydrogens is 418 g/mol. The van der Waals surface area contributed by atoms with E-state index in [4.69, 9.17) is 4.63 Å². The number of hydrogen-bond donors (Lipinski definition) is 1. The Balaban J connectivity index is 1.21. The molecule has 0 aliphatic carbocycles. The van der Waals surface area contributed by atoms with Gasteiger partial charge in [0.15, 0.2) is 0 Å². The number of carbonyl (C=O) groups excluding carboxylic acids is 2. The number of rotatable bonds is 4. The van der Waals surface area contributed by atoms with E-state index in [0.29, 0.717) is 41.2 Å². The van der Waals surface area contributed by atoms with Crippen LogP contribution < -0.4 is 5.32 Å². The molecule has 0 atom stereocenters.